The summed E-state index contributed by atoms with van der Waals surface area (Å²) in [7, 11) is 0. The molecule has 0 radical (unpaired) electrons. The second kappa shape index (κ2) is 9.77. The van der Waals surface area contributed by atoms with Gasteiger partial charge in [-0.3, -0.25) is 9.59 Å². The highest BCUT2D eigenvalue weighted by atomic mass is 16.4. The molecule has 0 aliphatic heterocycles. The molecule has 5 nitrogen and oxygen atoms in total. The van der Waals surface area contributed by atoms with Gasteiger partial charge in [-0.1, -0.05) is 53.9 Å². The minimum absolute atomic E-state index is 0.0613. The van der Waals surface area contributed by atoms with Crippen LogP contribution in [0.25, 0.3) is 0 Å². The van der Waals surface area contributed by atoms with E-state index in [1.54, 1.807) is 0 Å². The molecule has 0 aliphatic carbocycles. The van der Waals surface area contributed by atoms with E-state index in [0.717, 1.165) is 19.3 Å². The van der Waals surface area contributed by atoms with E-state index in [1.165, 1.54) is 0 Å². The molecule has 1 unspecified atom stereocenters. The molecule has 0 heterocycles. The Morgan fingerprint density at radius 3 is 2.14 bits per heavy atom. The Morgan fingerprint density at radius 1 is 1.14 bits per heavy atom. The van der Waals surface area contributed by atoms with Crippen LogP contribution in [0.1, 0.15) is 60.3 Å². The van der Waals surface area contributed by atoms with Gasteiger partial charge < -0.3 is 16.2 Å². The Labute approximate surface area is 128 Å². The van der Waals surface area contributed by atoms with Crippen molar-refractivity contribution in [2.45, 2.75) is 72.4 Å². The summed E-state index contributed by atoms with van der Waals surface area (Å²) in [4.78, 5) is 23.2. The lowest BCUT2D eigenvalue weighted by Crippen LogP contribution is -2.51. The minimum atomic E-state index is -0.895. The lowest BCUT2D eigenvalue weighted by Gasteiger charge is -2.30. The van der Waals surface area contributed by atoms with E-state index in [2.05, 4.69) is 19.2 Å². The Hall–Kier alpha value is -1.10. The third-order valence-electron chi connectivity index (χ3n) is 4.56. The molecular formula is C16H32N2O3. The molecule has 0 aromatic carbocycles. The lowest BCUT2D eigenvalue weighted by molar-refractivity contribution is -0.138. The number of carbonyl (C=O) groups excluding carboxylic acids is 1. The van der Waals surface area contributed by atoms with Crippen LogP contribution in [0.15, 0.2) is 0 Å². The van der Waals surface area contributed by atoms with Gasteiger partial charge in [0.1, 0.15) is 0 Å². The van der Waals surface area contributed by atoms with Crippen LogP contribution in [-0.2, 0) is 9.59 Å². The molecule has 5 heteroatoms. The van der Waals surface area contributed by atoms with Crippen LogP contribution in [0.3, 0.4) is 0 Å². The van der Waals surface area contributed by atoms with Crippen LogP contribution < -0.4 is 11.1 Å². The van der Waals surface area contributed by atoms with Gasteiger partial charge in [0.25, 0.3) is 0 Å². The molecule has 124 valence electrons. The first-order chi connectivity index (χ1) is 9.74. The Morgan fingerprint density at radius 2 is 1.71 bits per heavy atom. The summed E-state index contributed by atoms with van der Waals surface area (Å²) in [5.41, 5.74) is 5.93. The maximum absolute atomic E-state index is 12.2. The molecule has 5 atom stereocenters. The van der Waals surface area contributed by atoms with Crippen LogP contribution in [0.5, 0.6) is 0 Å². The number of hydrogen-bond acceptors (Lipinski definition) is 3. The Kier molecular flexibility index (Phi) is 9.26. The molecule has 21 heavy (non-hydrogen) atoms. The standard InChI is InChI=1S/C16H32N2O3/c1-6-8-11(4)12(5)13(9-14(19)20)18-16(21)15(17)10(3)7-2/h10-13,15H,6-9,17H2,1-5H3,(H,18,21)(H,19,20)/t10?,11-,12-,13-,15+/m1/s1. The molecule has 0 spiro atoms. The van der Waals surface area contributed by atoms with Crippen molar-refractivity contribution in [1.82, 2.24) is 5.32 Å². The van der Waals surface area contributed by atoms with Gasteiger partial charge in [-0.25, -0.2) is 0 Å². The van der Waals surface area contributed by atoms with E-state index in [9.17, 15) is 9.59 Å². The van der Waals surface area contributed by atoms with Crippen molar-refractivity contribution in [2.24, 2.45) is 23.5 Å². The number of carboxylic acid groups (broad SMARTS) is 1. The topological polar surface area (TPSA) is 92.4 Å². The summed E-state index contributed by atoms with van der Waals surface area (Å²) in [6, 6.07) is -0.952. The first-order valence-corrected chi connectivity index (χ1v) is 8.02. The maximum atomic E-state index is 12.2. The molecule has 0 saturated carbocycles. The average Bonchev–Trinajstić information content (AvgIpc) is 2.43. The van der Waals surface area contributed by atoms with E-state index in [4.69, 9.17) is 10.8 Å². The van der Waals surface area contributed by atoms with E-state index >= 15 is 0 Å². The van der Waals surface area contributed by atoms with Crippen molar-refractivity contribution < 1.29 is 14.7 Å². The molecule has 0 aromatic rings. The first-order valence-electron chi connectivity index (χ1n) is 8.02. The number of carboxylic acids is 1. The number of rotatable bonds is 10. The fourth-order valence-corrected chi connectivity index (χ4v) is 2.46. The zero-order chi connectivity index (χ0) is 16.6. The molecule has 0 saturated heterocycles. The first kappa shape index (κ1) is 19.9. The fourth-order valence-electron chi connectivity index (χ4n) is 2.46. The number of nitrogens with two attached hydrogens (primary N) is 1. The van der Waals surface area contributed by atoms with Crippen molar-refractivity contribution in [3.8, 4) is 0 Å². The zero-order valence-corrected chi connectivity index (χ0v) is 14.1. The average molecular weight is 300 g/mol. The highest BCUT2D eigenvalue weighted by Crippen LogP contribution is 2.22. The SMILES string of the molecule is CCC[C@@H](C)[C@@H](C)[C@@H](CC(=O)O)NC(=O)[C@@H](N)C(C)CC. The highest BCUT2D eigenvalue weighted by Gasteiger charge is 2.29. The quantitative estimate of drug-likeness (QED) is 0.577. The van der Waals surface area contributed by atoms with Gasteiger partial charge in [0, 0.05) is 6.04 Å². The third-order valence-corrected chi connectivity index (χ3v) is 4.56. The largest absolute Gasteiger partial charge is 0.481 e. The van der Waals surface area contributed by atoms with E-state index < -0.39 is 12.0 Å². The molecular weight excluding hydrogens is 268 g/mol. The zero-order valence-electron chi connectivity index (χ0n) is 14.1. The number of amides is 1. The normalized spacial score (nSPS) is 18.4. The molecule has 0 bridgehead atoms. The third kappa shape index (κ3) is 6.93. The molecule has 0 rings (SSSR count). The summed E-state index contributed by atoms with van der Waals surface area (Å²) in [5, 5.41) is 11.9. The van der Waals surface area contributed by atoms with Gasteiger partial charge in [0.05, 0.1) is 12.5 Å². The summed E-state index contributed by atoms with van der Waals surface area (Å²) in [6.07, 6.45) is 2.82. The van der Waals surface area contributed by atoms with Crippen molar-refractivity contribution in [1.29, 1.82) is 0 Å². The monoisotopic (exact) mass is 300 g/mol. The summed E-state index contributed by atoms with van der Waals surface area (Å²) < 4.78 is 0. The molecule has 0 aliphatic rings. The second-order valence-electron chi connectivity index (χ2n) is 6.25. The van der Waals surface area contributed by atoms with Crippen LogP contribution in [0, 0.1) is 17.8 Å². The summed E-state index contributed by atoms with van der Waals surface area (Å²) >= 11 is 0. The molecule has 0 aromatic heterocycles. The summed E-state index contributed by atoms with van der Waals surface area (Å²) in [5.74, 6) is -0.591. The maximum Gasteiger partial charge on any atom is 0.305 e. The number of aliphatic carboxylic acids is 1. The van der Waals surface area contributed by atoms with E-state index in [-0.39, 0.29) is 30.2 Å². The van der Waals surface area contributed by atoms with E-state index in [1.807, 2.05) is 20.8 Å². The Bertz CT molecular complexity index is 333. The van der Waals surface area contributed by atoms with Crippen LogP contribution in [0.2, 0.25) is 0 Å². The number of carbonyl (C=O) groups is 2. The minimum Gasteiger partial charge on any atom is -0.481 e. The highest BCUT2D eigenvalue weighted by molar-refractivity contribution is 5.82. The predicted molar refractivity (Wildman–Crippen MR) is 84.8 cm³/mol. The van der Waals surface area contributed by atoms with Crippen molar-refractivity contribution in [2.75, 3.05) is 0 Å². The van der Waals surface area contributed by atoms with Gasteiger partial charge in [0.15, 0.2) is 0 Å². The smallest absolute Gasteiger partial charge is 0.305 e. The van der Waals surface area contributed by atoms with Gasteiger partial charge in [-0.2, -0.15) is 0 Å². The number of hydrogen-bond donors (Lipinski definition) is 3. The van der Waals surface area contributed by atoms with Crippen LogP contribution in [0.4, 0.5) is 0 Å². The number of nitrogens with one attached hydrogen (secondary N) is 1. The molecule has 0 fully saturated rings. The summed E-state index contributed by atoms with van der Waals surface area (Å²) in [6.45, 7) is 10.1. The predicted octanol–water partition coefficient (Wildman–Crippen LogP) is 2.39. The lowest BCUT2D eigenvalue weighted by atomic mass is 9.84. The molecule has 4 N–H and O–H groups in total. The second-order valence-corrected chi connectivity index (χ2v) is 6.25. The van der Waals surface area contributed by atoms with Gasteiger partial charge >= 0.3 is 5.97 Å². The van der Waals surface area contributed by atoms with Gasteiger partial charge in [-0.15, -0.1) is 0 Å². The van der Waals surface area contributed by atoms with Crippen LogP contribution in [-0.4, -0.2) is 29.1 Å². The van der Waals surface area contributed by atoms with Gasteiger partial charge in [-0.05, 0) is 17.8 Å². The fraction of sp³-hybridized carbons (Fsp3) is 0.875. The van der Waals surface area contributed by atoms with Crippen molar-refractivity contribution in [3.63, 3.8) is 0 Å². The van der Waals surface area contributed by atoms with Crippen molar-refractivity contribution >= 4 is 11.9 Å². The van der Waals surface area contributed by atoms with E-state index in [0.29, 0.717) is 5.92 Å². The van der Waals surface area contributed by atoms with Crippen LogP contribution >= 0.6 is 0 Å². The molecule has 1 amide bonds. The van der Waals surface area contributed by atoms with Gasteiger partial charge in [0.2, 0.25) is 5.91 Å². The van der Waals surface area contributed by atoms with Crippen molar-refractivity contribution in [3.05, 3.63) is 0 Å². The Balaban J connectivity index is 4.83.